The second-order valence-electron chi connectivity index (χ2n) is 13.6. The number of nitrogens with zero attached hydrogens (tertiary/aromatic N) is 2. The van der Waals surface area contributed by atoms with Crippen molar-refractivity contribution in [3.05, 3.63) is 35.9 Å². The number of hydrogen-bond acceptors (Lipinski definition) is 5. The van der Waals surface area contributed by atoms with E-state index in [1.54, 1.807) is 0 Å². The van der Waals surface area contributed by atoms with Gasteiger partial charge in [-0.25, -0.2) is 13.2 Å². The first-order chi connectivity index (χ1) is 19.1. The predicted octanol–water partition coefficient (Wildman–Crippen LogP) is 6.89. The molecule has 0 spiro atoms. The molecule has 0 amide bonds. The Balaban J connectivity index is 1.47. The van der Waals surface area contributed by atoms with Crippen LogP contribution in [-0.2, 0) is 25.0 Å². The van der Waals surface area contributed by atoms with Crippen molar-refractivity contribution in [3.8, 4) is 6.07 Å². The monoisotopic (exact) mass is 568 g/mol. The number of carbonyl (C=O) groups is 1. The average molecular weight is 569 g/mol. The number of ether oxygens (including phenoxy) is 1. The molecule has 4 fully saturated rings. The van der Waals surface area contributed by atoms with Crippen molar-refractivity contribution in [1.82, 2.24) is 4.31 Å². The minimum Gasteiger partial charge on any atom is -0.460 e. The molecule has 0 N–H and O–H groups in total. The molecule has 40 heavy (non-hydrogen) atoms. The minimum atomic E-state index is -3.61. The Morgan fingerprint density at radius 3 is 2.08 bits per heavy atom. The third-order valence-corrected chi connectivity index (χ3v) is 13.7. The van der Waals surface area contributed by atoms with Crippen molar-refractivity contribution in [2.24, 2.45) is 16.7 Å². The first-order valence-electron chi connectivity index (χ1n) is 15.8. The highest BCUT2D eigenvalue weighted by Gasteiger charge is 2.67. The molecule has 0 saturated heterocycles. The summed E-state index contributed by atoms with van der Waals surface area (Å²) in [5, 5.41) is 10.3. The van der Waals surface area contributed by atoms with E-state index in [1.807, 2.05) is 41.6 Å². The molecule has 2 bridgehead atoms. The maximum absolute atomic E-state index is 14.7. The van der Waals surface area contributed by atoms with E-state index in [1.165, 1.54) is 12.8 Å². The number of benzene rings is 1. The van der Waals surface area contributed by atoms with E-state index < -0.39 is 32.9 Å². The summed E-state index contributed by atoms with van der Waals surface area (Å²) in [6.07, 6.45) is 12.7. The van der Waals surface area contributed by atoms with Gasteiger partial charge in [0.2, 0.25) is 10.0 Å². The number of esters is 1. The SMILES string of the molecule is CC[C@](C#N)(C(=O)O[C@@H]1C[C@H]2CC[C@]1(CS(=O)(=O)N(C1CCCCC1)C1CCCCC1)C2(C)C)c1ccccc1. The van der Waals surface area contributed by atoms with Crippen LogP contribution in [0.25, 0.3) is 0 Å². The van der Waals surface area contributed by atoms with Gasteiger partial charge in [0.15, 0.2) is 5.41 Å². The summed E-state index contributed by atoms with van der Waals surface area (Å²) >= 11 is 0. The normalized spacial score (nSPS) is 30.6. The molecular weight excluding hydrogens is 520 g/mol. The second kappa shape index (κ2) is 11.4. The van der Waals surface area contributed by atoms with Gasteiger partial charge in [-0.1, -0.05) is 89.6 Å². The fraction of sp³-hybridized carbons (Fsp3) is 0.758. The molecule has 0 unspecified atom stereocenters. The van der Waals surface area contributed by atoms with E-state index in [9.17, 15) is 18.5 Å². The smallest absolute Gasteiger partial charge is 0.331 e. The summed E-state index contributed by atoms with van der Waals surface area (Å²) in [5.74, 6) is -0.204. The zero-order valence-corrected chi connectivity index (χ0v) is 25.6. The quantitative estimate of drug-likeness (QED) is 0.303. The van der Waals surface area contributed by atoms with E-state index >= 15 is 0 Å². The Hall–Kier alpha value is -1.91. The lowest BCUT2D eigenvalue weighted by molar-refractivity contribution is -0.161. The van der Waals surface area contributed by atoms with Crippen LogP contribution in [0.4, 0.5) is 0 Å². The van der Waals surface area contributed by atoms with Crippen molar-refractivity contribution in [3.63, 3.8) is 0 Å². The highest BCUT2D eigenvalue weighted by Crippen LogP contribution is 2.67. The number of hydrogen-bond donors (Lipinski definition) is 0. The Labute approximate surface area is 241 Å². The largest absolute Gasteiger partial charge is 0.460 e. The molecule has 220 valence electrons. The molecule has 0 aliphatic heterocycles. The predicted molar refractivity (Wildman–Crippen MR) is 157 cm³/mol. The number of rotatable bonds is 9. The molecule has 4 aliphatic rings. The number of nitriles is 1. The maximum atomic E-state index is 14.7. The lowest BCUT2D eigenvalue weighted by atomic mass is 9.69. The van der Waals surface area contributed by atoms with Gasteiger partial charge in [-0.15, -0.1) is 0 Å². The summed E-state index contributed by atoms with van der Waals surface area (Å²) in [4.78, 5) is 13.9. The van der Waals surface area contributed by atoms with Crippen molar-refractivity contribution in [2.45, 2.75) is 134 Å². The van der Waals surface area contributed by atoms with Crippen molar-refractivity contribution >= 4 is 16.0 Å². The van der Waals surface area contributed by atoms with Crippen molar-refractivity contribution < 1.29 is 17.9 Å². The van der Waals surface area contributed by atoms with Crippen LogP contribution in [0, 0.1) is 28.1 Å². The summed E-state index contributed by atoms with van der Waals surface area (Å²) in [7, 11) is -3.61. The van der Waals surface area contributed by atoms with Gasteiger partial charge in [-0.2, -0.15) is 9.57 Å². The molecule has 4 atom stereocenters. The summed E-state index contributed by atoms with van der Waals surface area (Å²) < 4.78 is 37.6. The van der Waals surface area contributed by atoms with E-state index in [4.69, 9.17) is 4.74 Å². The number of sulfonamides is 1. The van der Waals surface area contributed by atoms with E-state index in [-0.39, 0.29) is 23.3 Å². The Kier molecular flexibility index (Phi) is 8.43. The number of carbonyl (C=O) groups excluding carboxylic acids is 1. The highest BCUT2D eigenvalue weighted by molar-refractivity contribution is 7.89. The summed E-state index contributed by atoms with van der Waals surface area (Å²) in [6.45, 7) is 6.22. The van der Waals surface area contributed by atoms with Crippen molar-refractivity contribution in [2.75, 3.05) is 5.75 Å². The first-order valence-corrected chi connectivity index (χ1v) is 17.4. The van der Waals surface area contributed by atoms with Gasteiger partial charge in [0, 0.05) is 17.5 Å². The molecule has 5 rings (SSSR count). The van der Waals surface area contributed by atoms with Crippen LogP contribution in [-0.4, -0.2) is 42.6 Å². The van der Waals surface area contributed by atoms with Gasteiger partial charge in [0.05, 0.1) is 11.8 Å². The molecule has 4 saturated carbocycles. The van der Waals surface area contributed by atoms with Crippen molar-refractivity contribution in [1.29, 1.82) is 5.26 Å². The fourth-order valence-corrected chi connectivity index (χ4v) is 11.8. The van der Waals surface area contributed by atoms with E-state index in [0.29, 0.717) is 24.3 Å². The highest BCUT2D eigenvalue weighted by atomic mass is 32.2. The van der Waals surface area contributed by atoms with Crippen LogP contribution in [0.1, 0.15) is 116 Å². The molecule has 1 aromatic carbocycles. The molecule has 0 heterocycles. The van der Waals surface area contributed by atoms with Gasteiger partial charge in [-0.05, 0) is 68.3 Å². The average Bonchev–Trinajstić information content (AvgIpc) is 3.30. The van der Waals surface area contributed by atoms with E-state index in [0.717, 1.165) is 64.2 Å². The zero-order chi connectivity index (χ0) is 28.6. The topological polar surface area (TPSA) is 87.5 Å². The Bertz CT molecular complexity index is 1180. The Morgan fingerprint density at radius 1 is 1.00 bits per heavy atom. The lowest BCUT2D eigenvalue weighted by Gasteiger charge is -2.46. The first kappa shape index (κ1) is 29.6. The van der Waals surface area contributed by atoms with Crippen LogP contribution in [0.2, 0.25) is 0 Å². The van der Waals surface area contributed by atoms with Gasteiger partial charge < -0.3 is 4.74 Å². The van der Waals surface area contributed by atoms with Crippen LogP contribution in [0.15, 0.2) is 30.3 Å². The molecule has 7 heteroatoms. The second-order valence-corrected chi connectivity index (χ2v) is 15.5. The van der Waals surface area contributed by atoms with E-state index in [2.05, 4.69) is 19.9 Å². The van der Waals surface area contributed by atoms with Gasteiger partial charge in [-0.3, -0.25) is 0 Å². The standard InChI is InChI=1S/C33H48N2O4S/c1-4-32(23-34,25-14-8-5-9-15-25)30(36)39-29-22-26-20-21-33(29,31(26,2)3)24-40(37,38)35(27-16-10-6-11-17-27)28-18-12-7-13-19-28/h5,8-9,14-15,26-29H,4,6-7,10-13,16-22,24H2,1-3H3/t26-,29-,32-,33-/m1/s1. The third-order valence-electron chi connectivity index (χ3n) is 11.6. The number of fused-ring (bicyclic) bond motifs is 2. The summed E-state index contributed by atoms with van der Waals surface area (Å²) in [5.41, 5.74) is -1.69. The zero-order valence-electron chi connectivity index (χ0n) is 24.7. The van der Waals surface area contributed by atoms with Crippen LogP contribution in [0.5, 0.6) is 0 Å². The molecule has 4 aliphatic carbocycles. The Morgan fingerprint density at radius 2 is 1.57 bits per heavy atom. The van der Waals surface area contributed by atoms with Crippen LogP contribution in [0.3, 0.4) is 0 Å². The van der Waals surface area contributed by atoms with Gasteiger partial charge >= 0.3 is 5.97 Å². The molecule has 6 nitrogen and oxygen atoms in total. The minimum absolute atomic E-state index is 0.0332. The molecule has 1 aromatic rings. The lowest BCUT2D eigenvalue weighted by Crippen LogP contribution is -2.55. The van der Waals surface area contributed by atoms with Crippen LogP contribution < -0.4 is 0 Å². The van der Waals surface area contributed by atoms with Gasteiger partial charge in [0.25, 0.3) is 0 Å². The molecule has 0 aromatic heterocycles. The molecular formula is C33H48N2O4S. The maximum Gasteiger partial charge on any atom is 0.331 e. The van der Waals surface area contributed by atoms with Gasteiger partial charge in [0.1, 0.15) is 6.10 Å². The van der Waals surface area contributed by atoms with Crippen LogP contribution >= 0.6 is 0 Å². The third kappa shape index (κ3) is 4.91. The fourth-order valence-electron chi connectivity index (χ4n) is 8.94. The molecule has 0 radical (unpaired) electrons. The summed E-state index contributed by atoms with van der Waals surface area (Å²) in [6, 6.07) is 11.6.